The van der Waals surface area contributed by atoms with Gasteiger partial charge in [0.05, 0.1) is 5.92 Å². The van der Waals surface area contributed by atoms with Crippen LogP contribution in [0.2, 0.25) is 5.02 Å². The molecule has 1 fully saturated rings. The molecule has 0 atom stereocenters. The number of hydrogen-bond donors (Lipinski definition) is 0. The Morgan fingerprint density at radius 2 is 1.96 bits per heavy atom. The molecule has 2 aromatic carbocycles. The quantitative estimate of drug-likeness (QED) is 0.453. The van der Waals surface area contributed by atoms with Crippen molar-refractivity contribution in [1.82, 2.24) is 4.98 Å². The number of hydrogen-bond acceptors (Lipinski definition) is 6. The highest BCUT2D eigenvalue weighted by Crippen LogP contribution is 2.26. The number of benzene rings is 2. The molecule has 3 aromatic rings. The van der Waals surface area contributed by atoms with Crippen LogP contribution in [-0.2, 0) is 9.53 Å². The minimum atomic E-state index is -0.174. The predicted octanol–water partition coefficient (Wildman–Crippen LogP) is 4.32. The Kier molecular flexibility index (Phi) is 5.67. The van der Waals surface area contributed by atoms with Gasteiger partial charge < -0.3 is 18.8 Å². The standard InChI is InChI=1S/C21H21ClN2O4/c22-16-4-3-5-17(14-16)26-12-13-27-20(25)15-8-10-24(11-9-15)21-23-18-6-1-2-7-19(18)28-21/h1-7,14-15H,8-13H2. The van der Waals surface area contributed by atoms with Crippen LogP contribution in [0.1, 0.15) is 12.8 Å². The van der Waals surface area contributed by atoms with Crippen molar-refractivity contribution in [2.24, 2.45) is 5.92 Å². The van der Waals surface area contributed by atoms with Crippen LogP contribution in [0.5, 0.6) is 5.75 Å². The number of halogens is 1. The first-order valence-corrected chi connectivity index (χ1v) is 9.72. The smallest absolute Gasteiger partial charge is 0.309 e. The number of piperidine rings is 1. The van der Waals surface area contributed by atoms with E-state index >= 15 is 0 Å². The van der Waals surface area contributed by atoms with E-state index in [9.17, 15) is 4.79 Å². The van der Waals surface area contributed by atoms with Gasteiger partial charge in [0.25, 0.3) is 6.01 Å². The highest BCUT2D eigenvalue weighted by molar-refractivity contribution is 6.30. The Labute approximate surface area is 168 Å². The van der Waals surface area contributed by atoms with Crippen LogP contribution in [0.3, 0.4) is 0 Å². The molecular weight excluding hydrogens is 380 g/mol. The average molecular weight is 401 g/mol. The number of oxazole rings is 1. The molecule has 6 nitrogen and oxygen atoms in total. The van der Waals surface area contributed by atoms with Crippen LogP contribution in [-0.4, -0.2) is 37.3 Å². The molecule has 28 heavy (non-hydrogen) atoms. The summed E-state index contributed by atoms with van der Waals surface area (Å²) in [7, 11) is 0. The van der Waals surface area contributed by atoms with Crippen molar-refractivity contribution in [1.29, 1.82) is 0 Å². The number of fused-ring (bicyclic) bond motifs is 1. The molecule has 4 rings (SSSR count). The van der Waals surface area contributed by atoms with Crippen molar-refractivity contribution in [3.8, 4) is 5.75 Å². The van der Waals surface area contributed by atoms with E-state index in [0.29, 0.717) is 49.3 Å². The van der Waals surface area contributed by atoms with E-state index in [-0.39, 0.29) is 18.5 Å². The number of aromatic nitrogens is 1. The van der Waals surface area contributed by atoms with E-state index in [0.717, 1.165) is 11.1 Å². The third-order valence-electron chi connectivity index (χ3n) is 4.77. The number of carbonyl (C=O) groups excluding carboxylic acids is 1. The van der Waals surface area contributed by atoms with Gasteiger partial charge in [0.15, 0.2) is 5.58 Å². The van der Waals surface area contributed by atoms with E-state index in [4.69, 9.17) is 25.5 Å². The van der Waals surface area contributed by atoms with Crippen molar-refractivity contribution in [3.63, 3.8) is 0 Å². The summed E-state index contributed by atoms with van der Waals surface area (Å²) in [4.78, 5) is 18.9. The first kappa shape index (κ1) is 18.6. The van der Waals surface area contributed by atoms with Crippen LogP contribution >= 0.6 is 11.6 Å². The van der Waals surface area contributed by atoms with E-state index in [1.807, 2.05) is 36.4 Å². The summed E-state index contributed by atoms with van der Waals surface area (Å²) in [6.07, 6.45) is 1.43. The Morgan fingerprint density at radius 3 is 2.75 bits per heavy atom. The number of para-hydroxylation sites is 2. The second-order valence-corrected chi connectivity index (χ2v) is 7.14. The van der Waals surface area contributed by atoms with E-state index < -0.39 is 0 Å². The zero-order valence-electron chi connectivity index (χ0n) is 15.3. The van der Waals surface area contributed by atoms with Crippen LogP contribution < -0.4 is 9.64 Å². The predicted molar refractivity (Wildman–Crippen MR) is 107 cm³/mol. The lowest BCUT2D eigenvalue weighted by molar-refractivity contribution is -0.150. The van der Waals surface area contributed by atoms with Gasteiger partial charge in [-0.25, -0.2) is 0 Å². The molecule has 146 valence electrons. The van der Waals surface area contributed by atoms with Crippen LogP contribution in [0.4, 0.5) is 6.01 Å². The van der Waals surface area contributed by atoms with E-state index in [2.05, 4.69) is 9.88 Å². The summed E-state index contributed by atoms with van der Waals surface area (Å²) in [5.74, 6) is 0.383. The summed E-state index contributed by atoms with van der Waals surface area (Å²) in [5, 5.41) is 0.611. The zero-order chi connectivity index (χ0) is 19.3. The van der Waals surface area contributed by atoms with E-state index in [1.165, 1.54) is 0 Å². The van der Waals surface area contributed by atoms with Crippen LogP contribution in [0.15, 0.2) is 52.9 Å². The van der Waals surface area contributed by atoms with Gasteiger partial charge in [0.1, 0.15) is 24.5 Å². The summed E-state index contributed by atoms with van der Waals surface area (Å²) in [6, 6.07) is 15.4. The lowest BCUT2D eigenvalue weighted by Crippen LogP contribution is -2.37. The first-order chi connectivity index (χ1) is 13.7. The normalized spacial score (nSPS) is 15.0. The third kappa shape index (κ3) is 4.39. The SMILES string of the molecule is O=C(OCCOc1cccc(Cl)c1)C1CCN(c2nc3ccccc3o2)CC1. The van der Waals surface area contributed by atoms with Gasteiger partial charge in [-0.05, 0) is 43.2 Å². The third-order valence-corrected chi connectivity index (χ3v) is 5.01. The van der Waals surface area contributed by atoms with Crippen molar-refractivity contribution in [2.75, 3.05) is 31.2 Å². The fourth-order valence-corrected chi connectivity index (χ4v) is 3.46. The number of ether oxygens (including phenoxy) is 2. The molecule has 7 heteroatoms. The molecule has 0 amide bonds. The van der Waals surface area contributed by atoms with Gasteiger partial charge in [0, 0.05) is 18.1 Å². The monoisotopic (exact) mass is 400 g/mol. The number of rotatable bonds is 6. The minimum Gasteiger partial charge on any atom is -0.490 e. The highest BCUT2D eigenvalue weighted by Gasteiger charge is 2.28. The first-order valence-electron chi connectivity index (χ1n) is 9.34. The maximum Gasteiger partial charge on any atom is 0.309 e. The molecule has 0 saturated carbocycles. The fraction of sp³-hybridized carbons (Fsp3) is 0.333. The number of nitrogens with zero attached hydrogens (tertiary/aromatic N) is 2. The maximum absolute atomic E-state index is 12.3. The number of anilines is 1. The fourth-order valence-electron chi connectivity index (χ4n) is 3.28. The van der Waals surface area contributed by atoms with Gasteiger partial charge in [-0.15, -0.1) is 0 Å². The van der Waals surface area contributed by atoms with Crippen molar-refractivity contribution >= 4 is 34.7 Å². The van der Waals surface area contributed by atoms with Gasteiger partial charge in [-0.2, -0.15) is 4.98 Å². The molecule has 2 heterocycles. The minimum absolute atomic E-state index is 0.105. The highest BCUT2D eigenvalue weighted by atomic mass is 35.5. The zero-order valence-corrected chi connectivity index (χ0v) is 16.1. The van der Waals surface area contributed by atoms with Crippen molar-refractivity contribution in [3.05, 3.63) is 53.6 Å². The lowest BCUT2D eigenvalue weighted by Gasteiger charge is -2.29. The van der Waals surface area contributed by atoms with Gasteiger partial charge in [-0.1, -0.05) is 29.8 Å². The molecule has 0 aliphatic carbocycles. The Hall–Kier alpha value is -2.73. The molecule has 0 N–H and O–H groups in total. The van der Waals surface area contributed by atoms with Crippen molar-refractivity contribution in [2.45, 2.75) is 12.8 Å². The molecule has 0 radical (unpaired) electrons. The average Bonchev–Trinajstić information content (AvgIpc) is 3.15. The van der Waals surface area contributed by atoms with Crippen LogP contribution in [0.25, 0.3) is 11.1 Å². The van der Waals surface area contributed by atoms with Gasteiger partial charge in [0.2, 0.25) is 0 Å². The molecular formula is C21H21ClN2O4. The number of esters is 1. The van der Waals surface area contributed by atoms with Gasteiger partial charge >= 0.3 is 5.97 Å². The van der Waals surface area contributed by atoms with Crippen LogP contribution in [0, 0.1) is 5.92 Å². The Balaban J connectivity index is 1.21. The van der Waals surface area contributed by atoms with Gasteiger partial charge in [-0.3, -0.25) is 4.79 Å². The van der Waals surface area contributed by atoms with E-state index in [1.54, 1.807) is 12.1 Å². The molecule has 0 bridgehead atoms. The lowest BCUT2D eigenvalue weighted by atomic mass is 9.97. The topological polar surface area (TPSA) is 64.8 Å². The second-order valence-electron chi connectivity index (χ2n) is 6.70. The summed E-state index contributed by atoms with van der Waals surface area (Å²) >= 11 is 5.91. The Bertz CT molecular complexity index is 917. The summed E-state index contributed by atoms with van der Waals surface area (Å²) in [6.45, 7) is 1.95. The second kappa shape index (κ2) is 8.52. The molecule has 1 aliphatic heterocycles. The Morgan fingerprint density at radius 1 is 1.14 bits per heavy atom. The van der Waals surface area contributed by atoms with Crippen molar-refractivity contribution < 1.29 is 18.7 Å². The number of carbonyl (C=O) groups is 1. The molecule has 0 spiro atoms. The largest absolute Gasteiger partial charge is 0.490 e. The maximum atomic E-state index is 12.3. The molecule has 1 aliphatic rings. The molecule has 0 unspecified atom stereocenters. The molecule has 1 saturated heterocycles. The summed E-state index contributed by atoms with van der Waals surface area (Å²) in [5.41, 5.74) is 1.62. The summed E-state index contributed by atoms with van der Waals surface area (Å²) < 4.78 is 16.7. The molecule has 1 aromatic heterocycles.